The molecule has 0 aromatic heterocycles. The summed E-state index contributed by atoms with van der Waals surface area (Å²) in [6.45, 7) is -4.69. The second-order valence-corrected chi connectivity index (χ2v) is 5.71. The molecule has 0 amide bonds. The smallest absolute Gasteiger partial charge is 0.318 e. The summed E-state index contributed by atoms with van der Waals surface area (Å²) in [4.78, 5) is 20.0. The van der Waals surface area contributed by atoms with Gasteiger partial charge in [0.25, 0.3) is 5.69 Å². The van der Waals surface area contributed by atoms with Crippen LogP contribution in [0.1, 0.15) is 4.11 Å². The minimum absolute atomic E-state index is 0.255. The number of anilines is 1. The first-order chi connectivity index (χ1) is 11.3. The summed E-state index contributed by atoms with van der Waals surface area (Å²) in [6.07, 6.45) is 0. The molecule has 1 rings (SSSR count). The molecule has 120 valence electrons. The van der Waals surface area contributed by atoms with Crippen molar-refractivity contribution < 1.29 is 27.4 Å². The number of sulfonamides is 1. The number of non-ortho nitro benzene ring substituents is 1. The Kier molecular flexibility index (Phi) is 3.75. The third-order valence-electron chi connectivity index (χ3n) is 2.29. The first-order valence-corrected chi connectivity index (χ1v) is 6.85. The Balaban J connectivity index is 3.61. The monoisotopic (exact) mass is 334 g/mol. The van der Waals surface area contributed by atoms with Crippen LogP contribution in [0.3, 0.4) is 0 Å². The van der Waals surface area contributed by atoms with Crippen molar-refractivity contribution in [3.8, 4) is 0 Å². The first kappa shape index (κ1) is 13.0. The van der Waals surface area contributed by atoms with Crippen LogP contribution in [-0.4, -0.2) is 48.2 Å². The first-order valence-electron chi connectivity index (χ1n) is 6.91. The van der Waals surface area contributed by atoms with Crippen molar-refractivity contribution in [1.29, 1.82) is 5.41 Å². The van der Waals surface area contributed by atoms with E-state index in [1.165, 1.54) is 0 Å². The molecule has 0 aliphatic rings. The van der Waals surface area contributed by atoms with Gasteiger partial charge in [-0.3, -0.25) is 20.3 Å². The number of carboxylic acid groups (broad SMARTS) is 1. The fourth-order valence-corrected chi connectivity index (χ4v) is 2.57. The quantitative estimate of drug-likeness (QED) is 0.235. The molecule has 0 unspecified atom stereocenters. The molecular formula is C10H13N5O6S. The van der Waals surface area contributed by atoms with E-state index in [4.69, 9.17) is 20.4 Å². The highest BCUT2D eigenvalue weighted by atomic mass is 32.2. The second kappa shape index (κ2) is 6.36. The van der Waals surface area contributed by atoms with Gasteiger partial charge in [0.1, 0.15) is 11.4 Å². The average Bonchev–Trinajstić information content (AvgIpc) is 2.42. The third-order valence-corrected chi connectivity index (χ3v) is 3.91. The number of rotatable bonds is 6. The maximum atomic E-state index is 12.6. The normalized spacial score (nSPS) is 13.8. The van der Waals surface area contributed by atoms with E-state index in [0.29, 0.717) is 0 Å². The molecular weight excluding hydrogens is 318 g/mol. The van der Waals surface area contributed by atoms with Gasteiger partial charge < -0.3 is 16.2 Å². The number of nitrogens with zero attached hydrogens (tertiary/aromatic N) is 2. The number of nitro groups is 1. The number of likely N-dealkylation sites (N-methyl/N-ethyl adjacent to an activating group) is 1. The molecule has 12 heteroatoms. The molecule has 0 saturated heterocycles. The van der Waals surface area contributed by atoms with Gasteiger partial charge in [0, 0.05) is 23.2 Å². The van der Waals surface area contributed by atoms with Crippen LogP contribution < -0.4 is 11.1 Å². The van der Waals surface area contributed by atoms with Crippen molar-refractivity contribution in [2.45, 2.75) is 4.90 Å². The van der Waals surface area contributed by atoms with Gasteiger partial charge in [-0.25, -0.2) is 8.42 Å². The molecule has 0 fully saturated rings. The minimum atomic E-state index is -4.92. The topological polar surface area (TPSA) is 180 Å². The van der Waals surface area contributed by atoms with Gasteiger partial charge in [-0.15, -0.1) is 0 Å². The lowest BCUT2D eigenvalue weighted by Crippen LogP contribution is -2.33. The number of nitro benzene ring substituents is 1. The zero-order valence-electron chi connectivity index (χ0n) is 13.8. The van der Waals surface area contributed by atoms with Gasteiger partial charge in [-0.05, 0) is 6.07 Å². The van der Waals surface area contributed by atoms with E-state index in [0.717, 1.165) is 18.2 Å². The molecule has 0 radical (unpaired) electrons. The summed E-state index contributed by atoms with van der Waals surface area (Å²) in [5.41, 5.74) is 4.00. The van der Waals surface area contributed by atoms with E-state index in [1.807, 2.05) is 0 Å². The summed E-state index contributed by atoms with van der Waals surface area (Å²) in [6, 6.07) is 2.24. The highest BCUT2D eigenvalue weighted by molar-refractivity contribution is 7.89. The minimum Gasteiger partial charge on any atom is -0.480 e. The largest absolute Gasteiger partial charge is 0.480 e. The zero-order valence-corrected chi connectivity index (χ0v) is 11.6. The highest BCUT2D eigenvalue weighted by Gasteiger charge is 2.27. The van der Waals surface area contributed by atoms with Crippen molar-refractivity contribution in [2.75, 3.05) is 18.8 Å². The maximum Gasteiger partial charge on any atom is 0.318 e. The van der Waals surface area contributed by atoms with Crippen molar-refractivity contribution in [3.63, 3.8) is 0 Å². The summed E-state index contributed by atoms with van der Waals surface area (Å²) >= 11 is 0. The number of aliphatic carboxylic acids is 1. The second-order valence-electron chi connectivity index (χ2n) is 3.88. The molecule has 0 spiro atoms. The number of carbonyl (C=O) groups is 1. The molecule has 0 bridgehead atoms. The molecule has 0 aliphatic carbocycles. The maximum absolute atomic E-state index is 12.6. The molecule has 0 heterocycles. The Hall–Kier alpha value is -2.73. The number of benzene rings is 1. The fraction of sp³-hybridized carbons (Fsp3) is 0.200. The van der Waals surface area contributed by atoms with Crippen LogP contribution in [0.25, 0.3) is 0 Å². The number of guanidine groups is 1. The van der Waals surface area contributed by atoms with Crippen molar-refractivity contribution >= 4 is 33.3 Å². The van der Waals surface area contributed by atoms with E-state index >= 15 is 0 Å². The third kappa shape index (κ3) is 3.89. The van der Waals surface area contributed by atoms with Gasteiger partial charge in [0.2, 0.25) is 10.0 Å². The van der Waals surface area contributed by atoms with Crippen LogP contribution in [0.5, 0.6) is 0 Å². The fourth-order valence-electron chi connectivity index (χ4n) is 1.43. The van der Waals surface area contributed by atoms with Crippen molar-refractivity contribution in [1.82, 2.24) is 4.31 Å². The number of hydrogen-bond donors (Lipinski definition) is 4. The Bertz CT molecular complexity index is 825. The Labute approximate surface area is 129 Å². The van der Waals surface area contributed by atoms with Crippen LogP contribution in [0.4, 0.5) is 11.4 Å². The number of nitrogens with two attached hydrogens (primary N) is 1. The Morgan fingerprint density at radius 3 is 2.73 bits per heavy atom. The Morgan fingerprint density at radius 1 is 1.64 bits per heavy atom. The van der Waals surface area contributed by atoms with Gasteiger partial charge in [0.15, 0.2) is 5.96 Å². The lowest BCUT2D eigenvalue weighted by Gasteiger charge is -2.17. The Morgan fingerprint density at radius 2 is 2.27 bits per heavy atom. The van der Waals surface area contributed by atoms with Gasteiger partial charge in [-0.2, -0.15) is 4.31 Å². The van der Waals surface area contributed by atoms with Crippen LogP contribution in [0.15, 0.2) is 23.1 Å². The lowest BCUT2D eigenvalue weighted by atomic mass is 10.3. The molecule has 1 aromatic carbocycles. The van der Waals surface area contributed by atoms with Crippen molar-refractivity contribution in [2.24, 2.45) is 5.73 Å². The van der Waals surface area contributed by atoms with E-state index in [-0.39, 0.29) is 4.31 Å². The molecule has 22 heavy (non-hydrogen) atoms. The zero-order chi connectivity index (χ0) is 19.6. The van der Waals surface area contributed by atoms with Crippen molar-refractivity contribution in [3.05, 3.63) is 28.3 Å². The average molecular weight is 334 g/mol. The lowest BCUT2D eigenvalue weighted by molar-refractivity contribution is -0.384. The van der Waals surface area contributed by atoms with E-state index < -0.39 is 56.7 Å². The van der Waals surface area contributed by atoms with Crippen LogP contribution in [0.2, 0.25) is 0 Å². The number of nitrogens with one attached hydrogen (secondary N) is 2. The number of carboxylic acids is 1. The van der Waals surface area contributed by atoms with Gasteiger partial charge in [-0.1, -0.05) is 0 Å². The highest BCUT2D eigenvalue weighted by Crippen LogP contribution is 2.28. The van der Waals surface area contributed by atoms with Gasteiger partial charge >= 0.3 is 5.97 Å². The molecule has 1 aromatic rings. The summed E-state index contributed by atoms with van der Waals surface area (Å²) in [7, 11) is -4.92. The molecule has 0 saturated carbocycles. The summed E-state index contributed by atoms with van der Waals surface area (Å²) in [5, 5.41) is 28.8. The van der Waals surface area contributed by atoms with E-state index in [1.54, 1.807) is 0 Å². The van der Waals surface area contributed by atoms with Crippen LogP contribution in [0, 0.1) is 15.5 Å². The molecule has 11 nitrogen and oxygen atoms in total. The van der Waals surface area contributed by atoms with E-state index in [2.05, 4.69) is 5.32 Å². The predicted molar refractivity (Wildman–Crippen MR) is 76.1 cm³/mol. The summed E-state index contributed by atoms with van der Waals surface area (Å²) in [5.74, 6) is -2.49. The SMILES string of the molecule is [2H]C([2H])([2H])N(CC(=O)O)S(=O)(=O)c1ccc([N+](=O)[O-])cc1NC(=N)N. The van der Waals surface area contributed by atoms with Crippen LogP contribution in [-0.2, 0) is 14.8 Å². The molecule has 0 aliphatic heterocycles. The molecule has 5 N–H and O–H groups in total. The van der Waals surface area contributed by atoms with Crippen LogP contribution >= 0.6 is 0 Å². The molecule has 0 atom stereocenters. The standard InChI is InChI=1S/C10H13N5O6S/c1-14(5-9(16)17)22(20,21)8-3-2-6(15(18)19)4-7(8)13-10(11)12/h2-4H,5H2,1H3,(H,16,17)(H4,11,12,13)/i1D3. The van der Waals surface area contributed by atoms with Gasteiger partial charge in [0.05, 0.1) is 10.6 Å². The summed E-state index contributed by atoms with van der Waals surface area (Å²) < 4.78 is 46.6. The van der Waals surface area contributed by atoms with E-state index in [9.17, 15) is 23.3 Å². The number of hydrogen-bond acceptors (Lipinski definition) is 6. The predicted octanol–water partition coefficient (Wildman–Crippen LogP) is -0.395.